The summed E-state index contributed by atoms with van der Waals surface area (Å²) in [6.45, 7) is 2.27. The molecule has 114 valence electrons. The van der Waals surface area contributed by atoms with Gasteiger partial charge in [-0.25, -0.2) is 12.8 Å². The topological polar surface area (TPSA) is 63.4 Å². The van der Waals surface area contributed by atoms with Gasteiger partial charge in [-0.1, -0.05) is 6.92 Å². The maximum Gasteiger partial charge on any atom is 0.243 e. The van der Waals surface area contributed by atoms with Crippen LogP contribution in [0, 0.1) is 5.82 Å². The Morgan fingerprint density at radius 1 is 1.33 bits per heavy atom. The van der Waals surface area contributed by atoms with Crippen LogP contribution in [0.5, 0.6) is 0 Å². The number of nitrogens with two attached hydrogens (primary N) is 1. The Labute approximate surface area is 135 Å². The van der Waals surface area contributed by atoms with Crippen LogP contribution in [-0.4, -0.2) is 19.3 Å². The zero-order valence-corrected chi connectivity index (χ0v) is 14.4. The summed E-state index contributed by atoms with van der Waals surface area (Å²) in [5, 5.41) is 0. The first-order valence-electron chi connectivity index (χ1n) is 6.13. The lowest BCUT2D eigenvalue weighted by Crippen LogP contribution is -2.30. The molecule has 0 aliphatic heterocycles. The first-order chi connectivity index (χ1) is 9.82. The van der Waals surface area contributed by atoms with Gasteiger partial charge in [-0.15, -0.1) is 11.3 Å². The molecule has 1 aromatic heterocycles. The average molecular weight is 393 g/mol. The Hall–Kier alpha value is -0.960. The largest absolute Gasteiger partial charge is 0.399 e. The highest BCUT2D eigenvalue weighted by molar-refractivity contribution is 9.11. The van der Waals surface area contributed by atoms with Gasteiger partial charge in [0, 0.05) is 23.7 Å². The summed E-state index contributed by atoms with van der Waals surface area (Å²) < 4.78 is 40.8. The average Bonchev–Trinajstić information content (AvgIpc) is 2.80. The lowest BCUT2D eigenvalue weighted by molar-refractivity contribution is 0.426. The fourth-order valence-electron chi connectivity index (χ4n) is 1.86. The number of hydrogen-bond donors (Lipinski definition) is 1. The Morgan fingerprint density at radius 3 is 2.57 bits per heavy atom. The van der Waals surface area contributed by atoms with E-state index in [4.69, 9.17) is 5.73 Å². The zero-order chi connectivity index (χ0) is 15.6. The fourth-order valence-corrected chi connectivity index (χ4v) is 4.93. The smallest absolute Gasteiger partial charge is 0.243 e. The second-order valence-electron chi connectivity index (χ2n) is 4.36. The van der Waals surface area contributed by atoms with Gasteiger partial charge >= 0.3 is 0 Å². The summed E-state index contributed by atoms with van der Waals surface area (Å²) in [4.78, 5) is 0.772. The molecule has 0 spiro atoms. The van der Waals surface area contributed by atoms with Crippen molar-refractivity contribution in [2.75, 3.05) is 12.3 Å². The molecule has 2 aromatic rings. The van der Waals surface area contributed by atoms with Crippen LogP contribution in [0.25, 0.3) is 0 Å². The minimum atomic E-state index is -3.78. The number of hydrogen-bond acceptors (Lipinski definition) is 4. The fraction of sp³-hybridized carbons (Fsp3) is 0.231. The van der Waals surface area contributed by atoms with Crippen molar-refractivity contribution >= 4 is 43.0 Å². The van der Waals surface area contributed by atoms with Gasteiger partial charge < -0.3 is 5.73 Å². The van der Waals surface area contributed by atoms with E-state index in [1.54, 1.807) is 6.92 Å². The lowest BCUT2D eigenvalue weighted by Gasteiger charge is -2.20. The summed E-state index contributed by atoms with van der Waals surface area (Å²) in [6, 6.07) is 7.06. The summed E-state index contributed by atoms with van der Waals surface area (Å²) in [6.07, 6.45) is 0. The van der Waals surface area contributed by atoms with E-state index in [1.165, 1.54) is 21.7 Å². The van der Waals surface area contributed by atoms with E-state index in [0.29, 0.717) is 0 Å². The van der Waals surface area contributed by atoms with E-state index in [1.807, 2.05) is 12.1 Å². The van der Waals surface area contributed by atoms with Crippen molar-refractivity contribution in [3.05, 3.63) is 44.8 Å². The summed E-state index contributed by atoms with van der Waals surface area (Å²) in [5.41, 5.74) is 5.61. The number of nitrogens with zero attached hydrogens (tertiary/aromatic N) is 1. The molecule has 0 aliphatic carbocycles. The minimum Gasteiger partial charge on any atom is -0.399 e. The summed E-state index contributed by atoms with van der Waals surface area (Å²) >= 11 is 4.80. The highest BCUT2D eigenvalue weighted by atomic mass is 79.9. The van der Waals surface area contributed by atoms with Crippen LogP contribution < -0.4 is 5.73 Å². The Bertz CT molecular complexity index is 726. The molecule has 1 heterocycles. The molecule has 1 aromatic carbocycles. The maximum atomic E-state index is 13.4. The summed E-state index contributed by atoms with van der Waals surface area (Å²) in [5.74, 6) is -0.663. The van der Waals surface area contributed by atoms with Crippen LogP contribution in [-0.2, 0) is 16.6 Å². The normalized spacial score (nSPS) is 12.0. The van der Waals surface area contributed by atoms with Gasteiger partial charge in [0.05, 0.1) is 8.68 Å². The number of nitrogen functional groups attached to an aromatic ring is 1. The van der Waals surface area contributed by atoms with Gasteiger partial charge in [0.1, 0.15) is 5.82 Å². The molecule has 0 atom stereocenters. The molecule has 4 nitrogen and oxygen atoms in total. The third-order valence-corrected chi connectivity index (χ3v) is 6.35. The van der Waals surface area contributed by atoms with Crippen LogP contribution in [0.2, 0.25) is 0 Å². The highest BCUT2D eigenvalue weighted by Crippen LogP contribution is 2.26. The Kier molecular flexibility index (Phi) is 5.03. The third kappa shape index (κ3) is 3.82. The molecule has 0 amide bonds. The first-order valence-corrected chi connectivity index (χ1v) is 9.18. The van der Waals surface area contributed by atoms with Gasteiger partial charge in [-0.2, -0.15) is 4.31 Å². The van der Waals surface area contributed by atoms with Crippen LogP contribution in [0.1, 0.15) is 11.8 Å². The van der Waals surface area contributed by atoms with Gasteiger partial charge in [0.2, 0.25) is 10.0 Å². The van der Waals surface area contributed by atoms with Crippen molar-refractivity contribution in [2.24, 2.45) is 0 Å². The molecule has 21 heavy (non-hydrogen) atoms. The zero-order valence-electron chi connectivity index (χ0n) is 11.2. The monoisotopic (exact) mass is 392 g/mol. The van der Waals surface area contributed by atoms with Gasteiger partial charge in [-0.05, 0) is 46.3 Å². The SMILES string of the molecule is CCN(Cc1ccc(Br)s1)S(=O)(=O)c1cc(N)cc(F)c1. The second kappa shape index (κ2) is 6.43. The van der Waals surface area contributed by atoms with E-state index < -0.39 is 15.8 Å². The van der Waals surface area contributed by atoms with Gasteiger partial charge in [-0.3, -0.25) is 0 Å². The molecule has 0 saturated heterocycles. The summed E-state index contributed by atoms with van der Waals surface area (Å²) in [7, 11) is -3.78. The third-order valence-electron chi connectivity index (χ3n) is 2.85. The number of rotatable bonds is 5. The van der Waals surface area contributed by atoms with E-state index in [-0.39, 0.29) is 23.7 Å². The molecule has 8 heteroatoms. The molecule has 0 saturated carbocycles. The standard InChI is InChI=1S/C13H14BrFN2O2S2/c1-2-17(8-11-3-4-13(14)20-11)21(18,19)12-6-9(15)5-10(16)7-12/h3-7H,2,8,16H2,1H3. The molecule has 2 N–H and O–H groups in total. The highest BCUT2D eigenvalue weighted by Gasteiger charge is 2.24. The van der Waals surface area contributed by atoms with Crippen LogP contribution >= 0.6 is 27.3 Å². The first kappa shape index (κ1) is 16.4. The van der Waals surface area contributed by atoms with Crippen molar-refractivity contribution in [3.63, 3.8) is 0 Å². The minimum absolute atomic E-state index is 0.0866. The van der Waals surface area contributed by atoms with Crippen molar-refractivity contribution in [3.8, 4) is 0 Å². The molecule has 0 fully saturated rings. The number of anilines is 1. The molecular weight excluding hydrogens is 379 g/mol. The molecular formula is C13H14BrFN2O2S2. The van der Waals surface area contributed by atoms with Crippen molar-refractivity contribution < 1.29 is 12.8 Å². The van der Waals surface area contributed by atoms with Crippen LogP contribution in [0.15, 0.2) is 39.0 Å². The molecule has 0 bridgehead atoms. The second-order valence-corrected chi connectivity index (χ2v) is 8.84. The molecule has 2 rings (SSSR count). The number of benzene rings is 1. The Balaban J connectivity index is 2.35. The predicted molar refractivity (Wildman–Crippen MR) is 86.1 cm³/mol. The van der Waals surface area contributed by atoms with E-state index in [2.05, 4.69) is 15.9 Å². The van der Waals surface area contributed by atoms with Gasteiger partial charge in [0.15, 0.2) is 0 Å². The number of thiophene rings is 1. The Morgan fingerprint density at radius 2 is 2.05 bits per heavy atom. The maximum absolute atomic E-state index is 13.4. The molecule has 0 aliphatic rings. The van der Waals surface area contributed by atoms with Crippen molar-refractivity contribution in [2.45, 2.75) is 18.4 Å². The van der Waals surface area contributed by atoms with E-state index >= 15 is 0 Å². The van der Waals surface area contributed by atoms with Gasteiger partial charge in [0.25, 0.3) is 0 Å². The predicted octanol–water partition coefficient (Wildman–Crippen LogP) is 3.44. The van der Waals surface area contributed by atoms with Crippen molar-refractivity contribution in [1.29, 1.82) is 0 Å². The van der Waals surface area contributed by atoms with E-state index in [9.17, 15) is 12.8 Å². The number of sulfonamides is 1. The van der Waals surface area contributed by atoms with Crippen LogP contribution in [0.3, 0.4) is 0 Å². The molecule has 0 unspecified atom stereocenters. The number of halogens is 2. The quantitative estimate of drug-likeness (QED) is 0.792. The van der Waals surface area contributed by atoms with Crippen molar-refractivity contribution in [1.82, 2.24) is 4.31 Å². The molecule has 0 radical (unpaired) electrons. The van der Waals surface area contributed by atoms with Crippen LogP contribution in [0.4, 0.5) is 10.1 Å². The lowest BCUT2D eigenvalue weighted by atomic mass is 10.3. The van der Waals surface area contributed by atoms with E-state index in [0.717, 1.165) is 20.8 Å².